The number of hydrogen-bond acceptors (Lipinski definition) is 4. The van der Waals surface area contributed by atoms with Crippen molar-refractivity contribution in [3.05, 3.63) is 35.9 Å². The Labute approximate surface area is 113 Å². The van der Waals surface area contributed by atoms with E-state index in [1.54, 1.807) is 0 Å². The summed E-state index contributed by atoms with van der Waals surface area (Å²) in [6.45, 7) is 3.54. The molecule has 0 fully saturated rings. The number of carbonyl (C=O) groups is 2. The lowest BCUT2D eigenvalue weighted by atomic mass is 9.95. The van der Waals surface area contributed by atoms with Crippen LogP contribution in [0.25, 0.3) is 0 Å². The molecule has 0 saturated heterocycles. The predicted molar refractivity (Wildman–Crippen MR) is 73.5 cm³/mol. The Morgan fingerprint density at radius 3 is 2.47 bits per heavy atom. The lowest BCUT2D eigenvalue weighted by Gasteiger charge is -2.19. The van der Waals surface area contributed by atoms with Crippen molar-refractivity contribution in [2.75, 3.05) is 6.61 Å². The van der Waals surface area contributed by atoms with Crippen molar-refractivity contribution in [2.45, 2.75) is 32.7 Å². The molecule has 1 aromatic carbocycles. The number of Topliss-reactive ketones (excluding diaryl/α,β-unsaturated/α-hetero) is 1. The molecule has 0 aromatic heterocycles. The Morgan fingerprint density at radius 1 is 1.26 bits per heavy atom. The summed E-state index contributed by atoms with van der Waals surface area (Å²) in [6, 6.07) is 9.81. The summed E-state index contributed by atoms with van der Waals surface area (Å²) in [4.78, 5) is 22.0. The van der Waals surface area contributed by atoms with Crippen LogP contribution in [0.4, 0.5) is 0 Å². The molecule has 0 bridgehead atoms. The zero-order valence-electron chi connectivity index (χ0n) is 11.5. The van der Waals surface area contributed by atoms with Gasteiger partial charge in [-0.25, -0.2) is 0 Å². The van der Waals surface area contributed by atoms with Gasteiger partial charge in [-0.05, 0) is 24.8 Å². The van der Waals surface area contributed by atoms with Crippen molar-refractivity contribution < 1.29 is 14.3 Å². The second kappa shape index (κ2) is 7.69. The average Bonchev–Trinajstić information content (AvgIpc) is 2.36. The number of hydrogen-bond donors (Lipinski definition) is 1. The molecule has 104 valence electrons. The molecule has 1 rings (SSSR count). The number of ketones is 1. The van der Waals surface area contributed by atoms with E-state index in [-0.39, 0.29) is 30.8 Å². The Bertz CT molecular complexity index is 417. The van der Waals surface area contributed by atoms with E-state index in [2.05, 4.69) is 0 Å². The maximum absolute atomic E-state index is 11.2. The predicted octanol–water partition coefficient (Wildman–Crippen LogP) is 1.71. The van der Waals surface area contributed by atoms with E-state index in [1.165, 1.54) is 12.5 Å². The van der Waals surface area contributed by atoms with Crippen molar-refractivity contribution in [2.24, 2.45) is 11.7 Å². The van der Waals surface area contributed by atoms with Crippen LogP contribution in [0, 0.1) is 5.92 Å². The molecule has 0 saturated carbocycles. The number of nitrogens with two attached hydrogens (primary N) is 1. The fourth-order valence-electron chi connectivity index (χ4n) is 1.74. The molecule has 0 amide bonds. The zero-order valence-corrected chi connectivity index (χ0v) is 11.5. The molecular weight excluding hydrogens is 242 g/mol. The molecule has 0 heterocycles. The molecule has 0 aliphatic heterocycles. The largest absolute Gasteiger partial charge is 0.464 e. The van der Waals surface area contributed by atoms with Crippen LogP contribution in [0.5, 0.6) is 0 Å². The Hall–Kier alpha value is -1.68. The van der Waals surface area contributed by atoms with Gasteiger partial charge in [-0.1, -0.05) is 37.3 Å². The van der Waals surface area contributed by atoms with E-state index in [9.17, 15) is 9.59 Å². The van der Waals surface area contributed by atoms with Gasteiger partial charge >= 0.3 is 5.97 Å². The van der Waals surface area contributed by atoms with Crippen LogP contribution in [0.2, 0.25) is 0 Å². The van der Waals surface area contributed by atoms with Gasteiger partial charge in [0, 0.05) is 6.04 Å². The molecule has 0 radical (unpaired) electrons. The molecule has 1 aromatic rings. The monoisotopic (exact) mass is 263 g/mol. The van der Waals surface area contributed by atoms with Crippen molar-refractivity contribution in [3.8, 4) is 0 Å². The maximum atomic E-state index is 11.2. The van der Waals surface area contributed by atoms with Crippen LogP contribution in [-0.2, 0) is 20.7 Å². The topological polar surface area (TPSA) is 69.4 Å². The van der Waals surface area contributed by atoms with Gasteiger partial charge in [0.15, 0.2) is 0 Å². The van der Waals surface area contributed by atoms with Crippen molar-refractivity contribution in [1.82, 2.24) is 0 Å². The van der Waals surface area contributed by atoms with Gasteiger partial charge < -0.3 is 10.5 Å². The van der Waals surface area contributed by atoms with E-state index in [1.807, 2.05) is 37.3 Å². The standard InChI is InChI=1S/C15H21NO3/c1-11(8-13-6-4-3-5-7-13)14(16)10-19-15(18)9-12(2)17/h3-7,11,14H,8-10,16H2,1-2H3. The summed E-state index contributed by atoms with van der Waals surface area (Å²) < 4.78 is 4.99. The highest BCUT2D eigenvalue weighted by Gasteiger charge is 2.16. The lowest BCUT2D eigenvalue weighted by Crippen LogP contribution is -2.35. The molecule has 4 heteroatoms. The highest BCUT2D eigenvalue weighted by molar-refractivity contribution is 5.94. The highest BCUT2D eigenvalue weighted by Crippen LogP contribution is 2.11. The average molecular weight is 263 g/mol. The van der Waals surface area contributed by atoms with Crippen LogP contribution in [0.3, 0.4) is 0 Å². The maximum Gasteiger partial charge on any atom is 0.313 e. The first kappa shape index (κ1) is 15.4. The molecular formula is C15H21NO3. The summed E-state index contributed by atoms with van der Waals surface area (Å²) in [5.74, 6) is -0.502. The van der Waals surface area contributed by atoms with Crippen LogP contribution in [0.15, 0.2) is 30.3 Å². The Kier molecular flexibility index (Phi) is 6.22. The van der Waals surface area contributed by atoms with E-state index >= 15 is 0 Å². The highest BCUT2D eigenvalue weighted by atomic mass is 16.5. The van der Waals surface area contributed by atoms with Gasteiger partial charge in [0.1, 0.15) is 18.8 Å². The summed E-state index contributed by atoms with van der Waals surface area (Å²) >= 11 is 0. The van der Waals surface area contributed by atoms with Gasteiger partial charge in [-0.15, -0.1) is 0 Å². The third-order valence-electron chi connectivity index (χ3n) is 2.96. The van der Waals surface area contributed by atoms with Crippen LogP contribution in [0.1, 0.15) is 25.8 Å². The minimum absolute atomic E-state index is 0.153. The SMILES string of the molecule is CC(=O)CC(=O)OCC(N)C(C)Cc1ccccc1. The fourth-order valence-corrected chi connectivity index (χ4v) is 1.74. The molecule has 2 atom stereocenters. The van der Waals surface area contributed by atoms with E-state index in [0.29, 0.717) is 0 Å². The van der Waals surface area contributed by atoms with Crippen molar-refractivity contribution >= 4 is 11.8 Å². The minimum atomic E-state index is -0.505. The van der Waals surface area contributed by atoms with Gasteiger partial charge in [-0.2, -0.15) is 0 Å². The van der Waals surface area contributed by atoms with Crippen LogP contribution >= 0.6 is 0 Å². The first-order valence-electron chi connectivity index (χ1n) is 6.43. The number of benzene rings is 1. The third-order valence-corrected chi connectivity index (χ3v) is 2.96. The molecule has 0 aliphatic rings. The van der Waals surface area contributed by atoms with E-state index in [0.717, 1.165) is 6.42 Å². The number of carbonyl (C=O) groups excluding carboxylic acids is 2. The number of esters is 1. The second-order valence-electron chi connectivity index (χ2n) is 4.89. The zero-order chi connectivity index (χ0) is 14.3. The number of rotatable bonds is 7. The second-order valence-corrected chi connectivity index (χ2v) is 4.89. The molecule has 19 heavy (non-hydrogen) atoms. The summed E-state index contributed by atoms with van der Waals surface area (Å²) in [5.41, 5.74) is 7.19. The normalized spacial score (nSPS) is 13.6. The molecule has 2 N–H and O–H groups in total. The first-order chi connectivity index (χ1) is 8.99. The van der Waals surface area contributed by atoms with Gasteiger partial charge in [0.05, 0.1) is 0 Å². The van der Waals surface area contributed by atoms with E-state index < -0.39 is 5.97 Å². The number of ether oxygens (including phenoxy) is 1. The molecule has 2 unspecified atom stereocenters. The summed E-state index contributed by atoms with van der Waals surface area (Å²) in [5, 5.41) is 0. The Morgan fingerprint density at radius 2 is 1.89 bits per heavy atom. The smallest absolute Gasteiger partial charge is 0.313 e. The van der Waals surface area contributed by atoms with Crippen molar-refractivity contribution in [1.29, 1.82) is 0 Å². The summed E-state index contributed by atoms with van der Waals surface area (Å²) in [6.07, 6.45) is 0.659. The molecule has 0 aliphatic carbocycles. The lowest BCUT2D eigenvalue weighted by molar-refractivity contribution is -0.146. The first-order valence-corrected chi connectivity index (χ1v) is 6.43. The fraction of sp³-hybridized carbons (Fsp3) is 0.467. The summed E-state index contributed by atoms with van der Waals surface area (Å²) in [7, 11) is 0. The quantitative estimate of drug-likeness (QED) is 0.600. The van der Waals surface area contributed by atoms with E-state index in [4.69, 9.17) is 10.5 Å². The minimum Gasteiger partial charge on any atom is -0.464 e. The van der Waals surface area contributed by atoms with Gasteiger partial charge in [0.25, 0.3) is 0 Å². The van der Waals surface area contributed by atoms with Crippen molar-refractivity contribution in [3.63, 3.8) is 0 Å². The molecule has 4 nitrogen and oxygen atoms in total. The van der Waals surface area contributed by atoms with Gasteiger partial charge in [0.2, 0.25) is 0 Å². The van der Waals surface area contributed by atoms with Crippen LogP contribution < -0.4 is 5.73 Å². The molecule has 0 spiro atoms. The van der Waals surface area contributed by atoms with Crippen LogP contribution in [-0.4, -0.2) is 24.4 Å². The Balaban J connectivity index is 2.34. The van der Waals surface area contributed by atoms with Gasteiger partial charge in [-0.3, -0.25) is 9.59 Å². The third kappa shape index (κ3) is 6.15.